The third-order valence-corrected chi connectivity index (χ3v) is 2.60. The van der Waals surface area contributed by atoms with Gasteiger partial charge < -0.3 is 9.47 Å². The predicted molar refractivity (Wildman–Crippen MR) is 57.4 cm³/mol. The number of rotatable bonds is 2. The highest BCUT2D eigenvalue weighted by atomic mass is 16.6. The Hall–Kier alpha value is -2.32. The zero-order valence-corrected chi connectivity index (χ0v) is 9.10. The average molecular weight is 250 g/mol. The molecule has 2 amide bonds. The number of ether oxygens (including phenoxy) is 2. The lowest BCUT2D eigenvalue weighted by Crippen LogP contribution is -2.27. The van der Waals surface area contributed by atoms with Crippen molar-refractivity contribution in [3.05, 3.63) is 35.4 Å². The fraction of sp³-hybridized carbons (Fsp3) is 0.200. The van der Waals surface area contributed by atoms with Gasteiger partial charge in [0.25, 0.3) is 0 Å². The summed E-state index contributed by atoms with van der Waals surface area (Å²) in [5, 5.41) is 0. The lowest BCUT2D eigenvalue weighted by molar-refractivity contribution is 0.127. The molecular formula is C10H10N4O4. The maximum absolute atomic E-state index is 10.9. The van der Waals surface area contributed by atoms with Crippen LogP contribution in [0.4, 0.5) is 9.59 Å². The molecule has 2 atom stereocenters. The maximum Gasteiger partial charge on any atom is 0.423 e. The van der Waals surface area contributed by atoms with Gasteiger partial charge in [-0.2, -0.15) is 10.9 Å². The normalized spacial score (nSPS) is 26.2. The van der Waals surface area contributed by atoms with E-state index in [-0.39, 0.29) is 0 Å². The van der Waals surface area contributed by atoms with Gasteiger partial charge in [-0.1, -0.05) is 24.3 Å². The van der Waals surface area contributed by atoms with Crippen LogP contribution in [0.3, 0.4) is 0 Å². The Morgan fingerprint density at radius 1 is 0.778 bits per heavy atom. The molecule has 2 aliphatic heterocycles. The van der Waals surface area contributed by atoms with Crippen LogP contribution in [0.5, 0.6) is 0 Å². The van der Waals surface area contributed by atoms with Crippen LogP contribution in [0.1, 0.15) is 23.6 Å². The van der Waals surface area contributed by atoms with Gasteiger partial charge in [0.05, 0.1) is 0 Å². The SMILES string of the molecule is O=C1NNC(c2ccc(C3NNC(=O)O3)cc2)O1. The second-order valence-electron chi connectivity index (χ2n) is 3.78. The van der Waals surface area contributed by atoms with E-state index in [0.29, 0.717) is 0 Å². The zero-order chi connectivity index (χ0) is 12.5. The molecule has 2 saturated heterocycles. The van der Waals surface area contributed by atoms with E-state index in [1.54, 1.807) is 24.3 Å². The van der Waals surface area contributed by atoms with Crippen molar-refractivity contribution in [2.24, 2.45) is 0 Å². The smallest absolute Gasteiger partial charge is 0.423 e. The van der Waals surface area contributed by atoms with Gasteiger partial charge in [-0.25, -0.2) is 9.59 Å². The summed E-state index contributed by atoms with van der Waals surface area (Å²) in [5.74, 6) is 0. The van der Waals surface area contributed by atoms with Crippen molar-refractivity contribution < 1.29 is 19.1 Å². The van der Waals surface area contributed by atoms with Gasteiger partial charge in [-0.3, -0.25) is 10.9 Å². The van der Waals surface area contributed by atoms with Crippen LogP contribution in [-0.2, 0) is 9.47 Å². The second kappa shape index (κ2) is 4.17. The molecule has 1 aromatic carbocycles. The molecule has 0 aliphatic carbocycles. The molecule has 2 aliphatic rings. The van der Waals surface area contributed by atoms with Crippen LogP contribution >= 0.6 is 0 Å². The summed E-state index contributed by atoms with van der Waals surface area (Å²) in [4.78, 5) is 21.7. The van der Waals surface area contributed by atoms with Gasteiger partial charge in [0.1, 0.15) is 0 Å². The largest absolute Gasteiger partial charge is 0.423 e. The third kappa shape index (κ3) is 1.94. The Morgan fingerprint density at radius 3 is 1.44 bits per heavy atom. The summed E-state index contributed by atoms with van der Waals surface area (Å²) in [7, 11) is 0. The number of hydrogen-bond donors (Lipinski definition) is 4. The second-order valence-corrected chi connectivity index (χ2v) is 3.78. The van der Waals surface area contributed by atoms with E-state index >= 15 is 0 Å². The number of carbonyl (C=O) groups is 2. The summed E-state index contributed by atoms with van der Waals surface area (Å²) < 4.78 is 9.91. The summed E-state index contributed by atoms with van der Waals surface area (Å²) in [6.07, 6.45) is -2.05. The van der Waals surface area contributed by atoms with Gasteiger partial charge in [0, 0.05) is 11.1 Å². The van der Waals surface area contributed by atoms with Crippen LogP contribution in [0.15, 0.2) is 24.3 Å². The Labute approximate surface area is 102 Å². The summed E-state index contributed by atoms with van der Waals surface area (Å²) in [6.45, 7) is 0. The van der Waals surface area contributed by atoms with Crippen molar-refractivity contribution >= 4 is 12.2 Å². The molecule has 94 valence electrons. The van der Waals surface area contributed by atoms with Crippen LogP contribution < -0.4 is 21.7 Å². The topological polar surface area (TPSA) is 101 Å². The first-order valence-corrected chi connectivity index (χ1v) is 5.26. The highest BCUT2D eigenvalue weighted by Gasteiger charge is 2.26. The highest BCUT2D eigenvalue weighted by Crippen LogP contribution is 2.22. The highest BCUT2D eigenvalue weighted by molar-refractivity contribution is 5.69. The van der Waals surface area contributed by atoms with Gasteiger partial charge in [-0.05, 0) is 0 Å². The first-order chi connectivity index (χ1) is 8.72. The van der Waals surface area contributed by atoms with Crippen LogP contribution in [0.25, 0.3) is 0 Å². The van der Waals surface area contributed by atoms with Crippen molar-refractivity contribution in [1.29, 1.82) is 0 Å². The molecule has 0 saturated carbocycles. The number of hydrogen-bond acceptors (Lipinski definition) is 6. The molecule has 0 bridgehead atoms. The van der Waals surface area contributed by atoms with Crippen LogP contribution in [0, 0.1) is 0 Å². The van der Waals surface area contributed by atoms with Gasteiger partial charge >= 0.3 is 12.2 Å². The van der Waals surface area contributed by atoms with Crippen molar-refractivity contribution in [2.75, 3.05) is 0 Å². The molecule has 2 heterocycles. The molecule has 3 rings (SSSR count). The third-order valence-electron chi connectivity index (χ3n) is 2.60. The Morgan fingerprint density at radius 2 is 1.17 bits per heavy atom. The number of benzene rings is 1. The molecule has 2 unspecified atom stereocenters. The fourth-order valence-corrected chi connectivity index (χ4v) is 1.73. The number of carbonyl (C=O) groups excluding carboxylic acids is 2. The molecule has 4 N–H and O–H groups in total. The van der Waals surface area contributed by atoms with Crippen molar-refractivity contribution in [1.82, 2.24) is 21.7 Å². The summed E-state index contributed by atoms with van der Waals surface area (Å²) in [6, 6.07) is 7.12. The van der Waals surface area contributed by atoms with E-state index in [2.05, 4.69) is 21.7 Å². The average Bonchev–Trinajstić information content (AvgIpc) is 2.98. The zero-order valence-electron chi connectivity index (χ0n) is 9.10. The molecular weight excluding hydrogens is 240 g/mol. The number of hydrazine groups is 2. The standard InChI is InChI=1S/C10H10N4O4/c15-9-13-11-7(17-9)5-1-2-6(4-3-5)8-12-14-10(16)18-8/h1-4,7-8,11-12H,(H,13,15)(H,14,16). The number of nitrogens with one attached hydrogen (secondary N) is 4. The van der Waals surface area contributed by atoms with Crippen molar-refractivity contribution in [2.45, 2.75) is 12.5 Å². The molecule has 0 radical (unpaired) electrons. The molecule has 2 fully saturated rings. The van der Waals surface area contributed by atoms with Gasteiger partial charge in [0.2, 0.25) is 0 Å². The lowest BCUT2D eigenvalue weighted by atomic mass is 10.1. The minimum atomic E-state index is -0.514. The Kier molecular flexibility index (Phi) is 2.50. The first-order valence-electron chi connectivity index (χ1n) is 5.26. The minimum Gasteiger partial charge on any atom is -0.423 e. The lowest BCUT2D eigenvalue weighted by Gasteiger charge is -2.11. The summed E-state index contributed by atoms with van der Waals surface area (Å²) in [5.41, 5.74) is 11.6. The van der Waals surface area contributed by atoms with E-state index in [0.717, 1.165) is 11.1 Å². The van der Waals surface area contributed by atoms with Crippen LogP contribution in [0.2, 0.25) is 0 Å². The van der Waals surface area contributed by atoms with E-state index in [4.69, 9.17) is 9.47 Å². The van der Waals surface area contributed by atoms with E-state index in [9.17, 15) is 9.59 Å². The van der Waals surface area contributed by atoms with E-state index in [1.807, 2.05) is 0 Å². The maximum atomic E-state index is 10.9. The Bertz CT molecular complexity index is 444. The minimum absolute atomic E-state index is 0.510. The van der Waals surface area contributed by atoms with E-state index < -0.39 is 24.6 Å². The van der Waals surface area contributed by atoms with Crippen molar-refractivity contribution in [3.63, 3.8) is 0 Å². The fourth-order valence-electron chi connectivity index (χ4n) is 1.73. The molecule has 1 aromatic rings. The number of amides is 2. The van der Waals surface area contributed by atoms with E-state index in [1.165, 1.54) is 0 Å². The number of cyclic esters (lactones) is 2. The predicted octanol–water partition coefficient (Wildman–Crippen LogP) is 0.173. The monoisotopic (exact) mass is 250 g/mol. The Balaban J connectivity index is 1.73. The van der Waals surface area contributed by atoms with Crippen molar-refractivity contribution in [3.8, 4) is 0 Å². The molecule has 8 heteroatoms. The molecule has 8 nitrogen and oxygen atoms in total. The molecule has 18 heavy (non-hydrogen) atoms. The van der Waals surface area contributed by atoms with Gasteiger partial charge in [0.15, 0.2) is 12.5 Å². The quantitative estimate of drug-likeness (QED) is 0.597. The molecule has 0 spiro atoms. The first kappa shape index (κ1) is 10.8. The summed E-state index contributed by atoms with van der Waals surface area (Å²) >= 11 is 0. The van der Waals surface area contributed by atoms with Gasteiger partial charge in [-0.15, -0.1) is 0 Å². The van der Waals surface area contributed by atoms with Crippen LogP contribution in [-0.4, -0.2) is 12.2 Å². The molecule has 0 aromatic heterocycles.